The lowest BCUT2D eigenvalue weighted by molar-refractivity contribution is 0.0951. The molecule has 1 amide bonds. The van der Waals surface area contributed by atoms with Crippen LogP contribution in [0.1, 0.15) is 27.3 Å². The van der Waals surface area contributed by atoms with E-state index in [-0.39, 0.29) is 5.91 Å². The molecular formula is C20H20BrN3O2. The molecule has 0 unspecified atom stereocenters. The second-order valence-electron chi connectivity index (χ2n) is 5.98. The molecule has 134 valence electrons. The number of hydrogen-bond donors (Lipinski definition) is 1. The van der Waals surface area contributed by atoms with E-state index in [4.69, 9.17) is 4.74 Å². The van der Waals surface area contributed by atoms with E-state index in [0.717, 1.165) is 32.9 Å². The predicted molar refractivity (Wildman–Crippen MR) is 105 cm³/mol. The highest BCUT2D eigenvalue weighted by Crippen LogP contribution is 2.23. The van der Waals surface area contributed by atoms with E-state index < -0.39 is 0 Å². The summed E-state index contributed by atoms with van der Waals surface area (Å²) in [6, 6.07) is 15.0. The van der Waals surface area contributed by atoms with Crippen molar-refractivity contribution in [3.8, 4) is 11.4 Å². The Hall–Kier alpha value is -2.60. The molecular weight excluding hydrogens is 394 g/mol. The average Bonchev–Trinajstić information content (AvgIpc) is 2.93. The van der Waals surface area contributed by atoms with Gasteiger partial charge in [-0.1, -0.05) is 12.1 Å². The van der Waals surface area contributed by atoms with Gasteiger partial charge in [0.2, 0.25) is 0 Å². The summed E-state index contributed by atoms with van der Waals surface area (Å²) in [5.41, 5.74) is 4.47. The number of benzene rings is 2. The van der Waals surface area contributed by atoms with Crippen LogP contribution in [-0.4, -0.2) is 22.8 Å². The SMILES string of the molecule is COc1cccc(CNC(=O)c2ccc(-n3nc(C)c(Br)c3C)cc2)c1. The van der Waals surface area contributed by atoms with Gasteiger partial charge in [-0.15, -0.1) is 0 Å². The third-order valence-electron chi connectivity index (χ3n) is 4.16. The molecule has 1 heterocycles. The third-order valence-corrected chi connectivity index (χ3v) is 5.31. The molecule has 0 spiro atoms. The summed E-state index contributed by atoms with van der Waals surface area (Å²) in [5, 5.41) is 7.43. The van der Waals surface area contributed by atoms with E-state index in [1.807, 2.05) is 54.9 Å². The fourth-order valence-electron chi connectivity index (χ4n) is 2.70. The molecule has 26 heavy (non-hydrogen) atoms. The van der Waals surface area contributed by atoms with Gasteiger partial charge in [-0.25, -0.2) is 4.68 Å². The van der Waals surface area contributed by atoms with E-state index in [1.54, 1.807) is 19.2 Å². The molecule has 0 radical (unpaired) electrons. The smallest absolute Gasteiger partial charge is 0.251 e. The van der Waals surface area contributed by atoms with E-state index in [1.165, 1.54) is 0 Å². The molecule has 0 bridgehead atoms. The van der Waals surface area contributed by atoms with Crippen LogP contribution in [0.3, 0.4) is 0 Å². The number of hydrogen-bond acceptors (Lipinski definition) is 3. The van der Waals surface area contributed by atoms with E-state index >= 15 is 0 Å². The van der Waals surface area contributed by atoms with Gasteiger partial charge in [-0.2, -0.15) is 5.10 Å². The first-order chi connectivity index (χ1) is 12.5. The van der Waals surface area contributed by atoms with Crippen molar-refractivity contribution >= 4 is 21.8 Å². The Morgan fingerprint density at radius 2 is 1.92 bits per heavy atom. The van der Waals surface area contributed by atoms with Crippen molar-refractivity contribution in [2.24, 2.45) is 0 Å². The van der Waals surface area contributed by atoms with Gasteiger partial charge < -0.3 is 10.1 Å². The summed E-state index contributed by atoms with van der Waals surface area (Å²) in [7, 11) is 1.63. The third kappa shape index (κ3) is 3.80. The lowest BCUT2D eigenvalue weighted by Gasteiger charge is -2.08. The fourth-order valence-corrected chi connectivity index (χ4v) is 2.94. The Labute approximate surface area is 161 Å². The molecule has 3 rings (SSSR count). The number of methoxy groups -OCH3 is 1. The number of amides is 1. The number of nitrogens with zero attached hydrogens (tertiary/aromatic N) is 2. The van der Waals surface area contributed by atoms with Gasteiger partial charge in [0.05, 0.1) is 28.7 Å². The van der Waals surface area contributed by atoms with Crippen LogP contribution < -0.4 is 10.1 Å². The average molecular weight is 414 g/mol. The molecule has 1 N–H and O–H groups in total. The number of nitrogens with one attached hydrogen (secondary N) is 1. The first-order valence-corrected chi connectivity index (χ1v) is 9.02. The summed E-state index contributed by atoms with van der Waals surface area (Å²) in [6.45, 7) is 4.40. The minimum atomic E-state index is -0.117. The quantitative estimate of drug-likeness (QED) is 0.681. The van der Waals surface area contributed by atoms with Crippen molar-refractivity contribution in [1.29, 1.82) is 0 Å². The van der Waals surface area contributed by atoms with Crippen LogP contribution in [0.2, 0.25) is 0 Å². The van der Waals surface area contributed by atoms with Gasteiger partial charge in [0.25, 0.3) is 5.91 Å². The summed E-state index contributed by atoms with van der Waals surface area (Å²) in [4.78, 5) is 12.4. The molecule has 0 atom stereocenters. The number of aryl methyl sites for hydroxylation is 1. The second-order valence-corrected chi connectivity index (χ2v) is 6.77. The zero-order chi connectivity index (χ0) is 18.7. The number of ether oxygens (including phenoxy) is 1. The van der Waals surface area contributed by atoms with E-state index in [2.05, 4.69) is 26.3 Å². The molecule has 1 aromatic heterocycles. The number of carbonyl (C=O) groups excluding carboxylic acids is 1. The minimum Gasteiger partial charge on any atom is -0.497 e. The first kappa shape index (κ1) is 18.2. The van der Waals surface area contributed by atoms with Crippen molar-refractivity contribution in [1.82, 2.24) is 15.1 Å². The first-order valence-electron chi connectivity index (χ1n) is 8.23. The summed E-state index contributed by atoms with van der Waals surface area (Å²) in [5.74, 6) is 0.658. The van der Waals surface area contributed by atoms with Crippen molar-refractivity contribution in [2.75, 3.05) is 7.11 Å². The molecule has 0 saturated heterocycles. The van der Waals surface area contributed by atoms with Gasteiger partial charge in [-0.05, 0) is 71.7 Å². The highest BCUT2D eigenvalue weighted by atomic mass is 79.9. The maximum absolute atomic E-state index is 12.4. The maximum Gasteiger partial charge on any atom is 0.251 e. The van der Waals surface area contributed by atoms with E-state index in [9.17, 15) is 4.79 Å². The Bertz CT molecular complexity index is 933. The standard InChI is InChI=1S/C20H20BrN3O2/c1-13-19(21)14(2)24(23-13)17-9-7-16(8-10-17)20(25)22-12-15-5-4-6-18(11-15)26-3/h4-11H,12H2,1-3H3,(H,22,25). The molecule has 0 saturated carbocycles. The lowest BCUT2D eigenvalue weighted by Crippen LogP contribution is -2.22. The van der Waals surface area contributed by atoms with Crippen molar-refractivity contribution in [3.05, 3.63) is 75.5 Å². The van der Waals surface area contributed by atoms with Gasteiger partial charge in [-0.3, -0.25) is 4.79 Å². The highest BCUT2D eigenvalue weighted by molar-refractivity contribution is 9.10. The van der Waals surface area contributed by atoms with Crippen LogP contribution >= 0.6 is 15.9 Å². The van der Waals surface area contributed by atoms with Crippen LogP contribution in [-0.2, 0) is 6.54 Å². The zero-order valence-corrected chi connectivity index (χ0v) is 16.5. The lowest BCUT2D eigenvalue weighted by atomic mass is 10.1. The molecule has 0 aliphatic carbocycles. The van der Waals surface area contributed by atoms with Crippen molar-refractivity contribution in [3.63, 3.8) is 0 Å². The largest absolute Gasteiger partial charge is 0.497 e. The predicted octanol–water partition coefficient (Wildman–Crippen LogP) is 4.19. The Kier molecular flexibility index (Phi) is 5.42. The molecule has 0 fully saturated rings. The van der Waals surface area contributed by atoms with Crippen LogP contribution in [0.5, 0.6) is 5.75 Å². The Morgan fingerprint density at radius 1 is 1.19 bits per heavy atom. The molecule has 0 aliphatic rings. The number of aromatic nitrogens is 2. The summed E-state index contributed by atoms with van der Waals surface area (Å²) in [6.07, 6.45) is 0. The summed E-state index contributed by atoms with van der Waals surface area (Å²) >= 11 is 3.53. The van der Waals surface area contributed by atoms with E-state index in [0.29, 0.717) is 12.1 Å². The van der Waals surface area contributed by atoms with Crippen molar-refractivity contribution < 1.29 is 9.53 Å². The Balaban J connectivity index is 1.69. The monoisotopic (exact) mass is 413 g/mol. The number of halogens is 1. The van der Waals surface area contributed by atoms with Gasteiger partial charge >= 0.3 is 0 Å². The minimum absolute atomic E-state index is 0.117. The van der Waals surface area contributed by atoms with Crippen LogP contribution in [0.4, 0.5) is 0 Å². The topological polar surface area (TPSA) is 56.1 Å². The normalized spacial score (nSPS) is 10.6. The van der Waals surface area contributed by atoms with Gasteiger partial charge in [0.1, 0.15) is 5.75 Å². The molecule has 3 aromatic rings. The van der Waals surface area contributed by atoms with Crippen molar-refractivity contribution in [2.45, 2.75) is 20.4 Å². The highest BCUT2D eigenvalue weighted by Gasteiger charge is 2.11. The second kappa shape index (κ2) is 7.74. The number of rotatable bonds is 5. The Morgan fingerprint density at radius 3 is 2.54 bits per heavy atom. The molecule has 5 nitrogen and oxygen atoms in total. The van der Waals surface area contributed by atoms with Gasteiger partial charge in [0, 0.05) is 12.1 Å². The summed E-state index contributed by atoms with van der Waals surface area (Å²) < 4.78 is 8.05. The van der Waals surface area contributed by atoms with Gasteiger partial charge in [0.15, 0.2) is 0 Å². The number of carbonyl (C=O) groups is 1. The molecule has 6 heteroatoms. The molecule has 2 aromatic carbocycles. The van der Waals surface area contributed by atoms with Crippen LogP contribution in [0, 0.1) is 13.8 Å². The fraction of sp³-hybridized carbons (Fsp3) is 0.200. The van der Waals surface area contributed by atoms with Crippen LogP contribution in [0.15, 0.2) is 53.0 Å². The molecule has 0 aliphatic heterocycles. The maximum atomic E-state index is 12.4. The zero-order valence-electron chi connectivity index (χ0n) is 14.9. The van der Waals surface area contributed by atoms with Crippen LogP contribution in [0.25, 0.3) is 5.69 Å².